The molecule has 3 nitrogen and oxygen atoms in total. The Balaban J connectivity index is 2.12. The number of nitrogens with one attached hydrogen (secondary N) is 1. The van der Waals surface area contributed by atoms with Crippen LogP contribution in [0.3, 0.4) is 0 Å². The second-order valence-electron chi connectivity index (χ2n) is 4.78. The molecule has 0 bridgehead atoms. The summed E-state index contributed by atoms with van der Waals surface area (Å²) in [5, 5.41) is 3.57. The van der Waals surface area contributed by atoms with E-state index in [4.69, 9.17) is 18.0 Å². The van der Waals surface area contributed by atoms with Gasteiger partial charge in [0.25, 0.3) is 0 Å². The summed E-state index contributed by atoms with van der Waals surface area (Å²) in [4.78, 5) is 2.80. The van der Waals surface area contributed by atoms with Crippen LogP contribution in [0.25, 0.3) is 0 Å². The van der Waals surface area contributed by atoms with Crippen LogP contribution in [0.2, 0.25) is 0 Å². The zero-order valence-corrected chi connectivity index (χ0v) is 12.9. The maximum Gasteiger partial charge on any atom is 0.106 e. The van der Waals surface area contributed by atoms with Gasteiger partial charge in [-0.3, -0.25) is 0 Å². The summed E-state index contributed by atoms with van der Waals surface area (Å²) in [5.74, 6) is 0. The third-order valence-corrected chi connectivity index (χ3v) is 4.04. The van der Waals surface area contributed by atoms with Crippen molar-refractivity contribution in [2.24, 2.45) is 5.73 Å². The first-order valence-corrected chi connectivity index (χ1v) is 7.31. The van der Waals surface area contributed by atoms with Crippen LogP contribution in [0.5, 0.6) is 0 Å². The number of hydrogen-bond donors (Lipinski definition) is 2. The first-order chi connectivity index (χ1) is 8.56. The predicted octanol–water partition coefficient (Wildman–Crippen LogP) is 2.59. The van der Waals surface area contributed by atoms with E-state index in [9.17, 15) is 0 Å². The van der Waals surface area contributed by atoms with E-state index < -0.39 is 0 Å². The van der Waals surface area contributed by atoms with Crippen molar-refractivity contribution in [1.29, 1.82) is 0 Å². The number of halogens is 1. The third-order valence-electron chi connectivity index (χ3n) is 3.33. The molecule has 1 fully saturated rings. The Labute approximate surface area is 122 Å². The molecule has 1 aromatic rings. The van der Waals surface area contributed by atoms with E-state index in [-0.39, 0.29) is 0 Å². The van der Waals surface area contributed by atoms with Gasteiger partial charge in [0.15, 0.2) is 0 Å². The average molecular weight is 328 g/mol. The van der Waals surface area contributed by atoms with Gasteiger partial charge in [0.2, 0.25) is 0 Å². The van der Waals surface area contributed by atoms with Gasteiger partial charge in [-0.25, -0.2) is 0 Å². The smallest absolute Gasteiger partial charge is 0.106 e. The van der Waals surface area contributed by atoms with E-state index in [1.807, 2.05) is 18.2 Å². The quantitative estimate of drug-likeness (QED) is 0.837. The molecule has 1 saturated heterocycles. The lowest BCUT2D eigenvalue weighted by Crippen LogP contribution is -2.37. The molecule has 0 radical (unpaired) electrons. The number of thiocarbonyl (C=S) groups is 1. The molecule has 98 valence electrons. The minimum Gasteiger partial charge on any atom is -0.389 e. The Kier molecular flexibility index (Phi) is 4.59. The Morgan fingerprint density at radius 2 is 2.11 bits per heavy atom. The number of hydrogen-bond acceptors (Lipinski definition) is 3. The SMILES string of the molecule is CN1CCC(Nc2cc(Br)ccc2C(N)=S)CC1. The van der Waals surface area contributed by atoms with Gasteiger partial charge in [0, 0.05) is 21.8 Å². The van der Waals surface area contributed by atoms with Gasteiger partial charge in [0.1, 0.15) is 4.99 Å². The van der Waals surface area contributed by atoms with Gasteiger partial charge >= 0.3 is 0 Å². The molecule has 1 aliphatic rings. The zero-order chi connectivity index (χ0) is 13.1. The Morgan fingerprint density at radius 1 is 1.44 bits per heavy atom. The van der Waals surface area contributed by atoms with E-state index in [1.54, 1.807) is 0 Å². The van der Waals surface area contributed by atoms with Crippen molar-refractivity contribution in [3.05, 3.63) is 28.2 Å². The summed E-state index contributed by atoms with van der Waals surface area (Å²) in [6, 6.07) is 6.48. The number of benzene rings is 1. The molecule has 3 N–H and O–H groups in total. The van der Waals surface area contributed by atoms with E-state index >= 15 is 0 Å². The molecule has 2 rings (SSSR count). The van der Waals surface area contributed by atoms with Crippen LogP contribution in [-0.2, 0) is 0 Å². The van der Waals surface area contributed by atoms with Crippen LogP contribution >= 0.6 is 28.1 Å². The van der Waals surface area contributed by atoms with Gasteiger partial charge in [-0.1, -0.05) is 28.1 Å². The van der Waals surface area contributed by atoms with Crippen molar-refractivity contribution in [1.82, 2.24) is 4.90 Å². The van der Waals surface area contributed by atoms with Crippen molar-refractivity contribution < 1.29 is 0 Å². The summed E-state index contributed by atoms with van der Waals surface area (Å²) in [7, 11) is 2.16. The highest BCUT2D eigenvalue weighted by molar-refractivity contribution is 9.10. The second kappa shape index (κ2) is 5.99. The van der Waals surface area contributed by atoms with Crippen molar-refractivity contribution in [3.63, 3.8) is 0 Å². The van der Waals surface area contributed by atoms with Crippen LogP contribution in [-0.4, -0.2) is 36.1 Å². The number of rotatable bonds is 3. The van der Waals surface area contributed by atoms with Crippen molar-refractivity contribution in [3.8, 4) is 0 Å². The van der Waals surface area contributed by atoms with E-state index in [0.29, 0.717) is 11.0 Å². The molecular formula is C13H18BrN3S. The molecular weight excluding hydrogens is 310 g/mol. The standard InChI is InChI=1S/C13H18BrN3S/c1-17-6-4-10(5-7-17)16-12-8-9(14)2-3-11(12)13(15)18/h2-3,8,10,16H,4-7H2,1H3,(H2,15,18). The van der Waals surface area contributed by atoms with Gasteiger partial charge in [-0.2, -0.15) is 0 Å². The summed E-state index contributed by atoms with van der Waals surface area (Å²) in [6.07, 6.45) is 2.31. The largest absolute Gasteiger partial charge is 0.389 e. The molecule has 0 saturated carbocycles. The van der Waals surface area contributed by atoms with Crippen molar-refractivity contribution in [2.45, 2.75) is 18.9 Å². The topological polar surface area (TPSA) is 41.3 Å². The maximum atomic E-state index is 5.76. The molecule has 5 heteroatoms. The van der Waals surface area contributed by atoms with Crippen LogP contribution in [0.4, 0.5) is 5.69 Å². The molecule has 0 amide bonds. The molecule has 1 aromatic carbocycles. The van der Waals surface area contributed by atoms with Gasteiger partial charge < -0.3 is 16.0 Å². The van der Waals surface area contributed by atoms with Crippen molar-refractivity contribution in [2.75, 3.05) is 25.5 Å². The Morgan fingerprint density at radius 3 is 2.72 bits per heavy atom. The van der Waals surface area contributed by atoms with Crippen LogP contribution in [0.1, 0.15) is 18.4 Å². The zero-order valence-electron chi connectivity index (χ0n) is 10.4. The first-order valence-electron chi connectivity index (χ1n) is 6.10. The lowest BCUT2D eigenvalue weighted by Gasteiger charge is -2.30. The first kappa shape index (κ1) is 13.8. The summed E-state index contributed by atoms with van der Waals surface area (Å²) in [6.45, 7) is 2.27. The summed E-state index contributed by atoms with van der Waals surface area (Å²) >= 11 is 8.58. The van der Waals surface area contributed by atoms with Crippen LogP contribution in [0, 0.1) is 0 Å². The highest BCUT2D eigenvalue weighted by Crippen LogP contribution is 2.24. The highest BCUT2D eigenvalue weighted by Gasteiger charge is 2.17. The van der Waals surface area contributed by atoms with E-state index in [2.05, 4.69) is 33.2 Å². The molecule has 0 atom stereocenters. The molecule has 0 unspecified atom stereocenters. The molecule has 0 spiro atoms. The number of nitrogens with zero attached hydrogens (tertiary/aromatic N) is 1. The maximum absolute atomic E-state index is 5.76. The number of anilines is 1. The lowest BCUT2D eigenvalue weighted by atomic mass is 10.0. The van der Waals surface area contributed by atoms with E-state index in [0.717, 1.165) is 41.7 Å². The molecule has 0 aromatic heterocycles. The molecule has 0 aliphatic carbocycles. The lowest BCUT2D eigenvalue weighted by molar-refractivity contribution is 0.264. The Bertz CT molecular complexity index is 442. The normalized spacial score (nSPS) is 17.7. The number of likely N-dealkylation sites (tertiary alicyclic amines) is 1. The van der Waals surface area contributed by atoms with Crippen LogP contribution in [0.15, 0.2) is 22.7 Å². The monoisotopic (exact) mass is 327 g/mol. The van der Waals surface area contributed by atoms with Gasteiger partial charge in [-0.15, -0.1) is 0 Å². The fourth-order valence-electron chi connectivity index (χ4n) is 2.22. The fourth-order valence-corrected chi connectivity index (χ4v) is 2.76. The summed E-state index contributed by atoms with van der Waals surface area (Å²) < 4.78 is 1.04. The Hall–Kier alpha value is -0.650. The molecule has 18 heavy (non-hydrogen) atoms. The minimum atomic E-state index is 0.443. The minimum absolute atomic E-state index is 0.443. The number of nitrogens with two attached hydrogens (primary N) is 1. The van der Waals surface area contributed by atoms with Crippen molar-refractivity contribution >= 4 is 38.8 Å². The number of piperidine rings is 1. The summed E-state index contributed by atoms with van der Waals surface area (Å²) in [5.41, 5.74) is 7.72. The second-order valence-corrected chi connectivity index (χ2v) is 6.13. The van der Waals surface area contributed by atoms with E-state index in [1.165, 1.54) is 0 Å². The average Bonchev–Trinajstić information content (AvgIpc) is 2.32. The molecule has 1 aliphatic heterocycles. The predicted molar refractivity (Wildman–Crippen MR) is 84.2 cm³/mol. The van der Waals surface area contributed by atoms with Gasteiger partial charge in [-0.05, 0) is 51.2 Å². The van der Waals surface area contributed by atoms with Crippen LogP contribution < -0.4 is 11.1 Å². The third kappa shape index (κ3) is 3.43. The van der Waals surface area contributed by atoms with Gasteiger partial charge in [0.05, 0.1) is 0 Å². The molecule has 1 heterocycles. The fraction of sp³-hybridized carbons (Fsp3) is 0.462. The highest BCUT2D eigenvalue weighted by atomic mass is 79.9.